The summed E-state index contributed by atoms with van der Waals surface area (Å²) in [5, 5.41) is 1.72. The Kier molecular flexibility index (Phi) is 5.49. The maximum Gasteiger partial charge on any atom is 0.273 e. The largest absolute Gasteiger partial charge is 0.484 e. The molecule has 0 saturated carbocycles. The fourth-order valence-corrected chi connectivity index (χ4v) is 5.04. The highest BCUT2D eigenvalue weighted by Crippen LogP contribution is 2.26. The number of anilines is 1. The summed E-state index contributed by atoms with van der Waals surface area (Å²) in [6, 6.07) is 9.92. The van der Waals surface area contributed by atoms with Gasteiger partial charge in [0.05, 0.1) is 5.69 Å². The van der Waals surface area contributed by atoms with Crippen LogP contribution in [0.5, 0.6) is 5.75 Å². The SMILES string of the molecule is CN(c1ccc(OCC(=O)N2CC[C@@H](N)C2)cc1)S(=O)(=O)c1cccs1. The van der Waals surface area contributed by atoms with Crippen molar-refractivity contribution in [3.05, 3.63) is 41.8 Å². The molecule has 26 heavy (non-hydrogen) atoms. The summed E-state index contributed by atoms with van der Waals surface area (Å²) in [4.78, 5) is 13.8. The summed E-state index contributed by atoms with van der Waals surface area (Å²) in [5.74, 6) is 0.409. The lowest BCUT2D eigenvalue weighted by Gasteiger charge is -2.19. The molecule has 3 rings (SSSR count). The molecule has 1 fully saturated rings. The van der Waals surface area contributed by atoms with Gasteiger partial charge in [-0.25, -0.2) is 8.42 Å². The minimum atomic E-state index is -3.57. The van der Waals surface area contributed by atoms with Crippen LogP contribution in [-0.2, 0) is 14.8 Å². The van der Waals surface area contributed by atoms with E-state index >= 15 is 0 Å². The Hall–Kier alpha value is -2.10. The van der Waals surface area contributed by atoms with E-state index in [0.29, 0.717) is 24.5 Å². The van der Waals surface area contributed by atoms with Gasteiger partial charge in [0.15, 0.2) is 6.61 Å². The zero-order chi connectivity index (χ0) is 18.7. The zero-order valence-corrected chi connectivity index (χ0v) is 16.0. The number of ether oxygens (including phenoxy) is 1. The van der Waals surface area contributed by atoms with E-state index in [9.17, 15) is 13.2 Å². The van der Waals surface area contributed by atoms with Gasteiger partial charge in [-0.2, -0.15) is 0 Å². The van der Waals surface area contributed by atoms with Crippen molar-refractivity contribution < 1.29 is 17.9 Å². The fourth-order valence-electron chi connectivity index (χ4n) is 2.69. The van der Waals surface area contributed by atoms with Crippen molar-refractivity contribution in [1.82, 2.24) is 4.90 Å². The molecule has 7 nitrogen and oxygen atoms in total. The Labute approximate surface area is 157 Å². The van der Waals surface area contributed by atoms with Crippen LogP contribution in [-0.4, -0.2) is 52.0 Å². The highest BCUT2D eigenvalue weighted by atomic mass is 32.2. The molecular weight excluding hydrogens is 374 g/mol. The maximum absolute atomic E-state index is 12.5. The second-order valence-electron chi connectivity index (χ2n) is 6.08. The number of nitrogens with two attached hydrogens (primary N) is 1. The Morgan fingerprint density at radius 3 is 2.65 bits per heavy atom. The zero-order valence-electron chi connectivity index (χ0n) is 14.4. The molecule has 1 aromatic heterocycles. The number of amides is 1. The number of hydrogen-bond donors (Lipinski definition) is 1. The molecule has 0 radical (unpaired) electrons. The van der Waals surface area contributed by atoms with E-state index in [1.54, 1.807) is 46.7 Å². The lowest BCUT2D eigenvalue weighted by molar-refractivity contribution is -0.132. The third-order valence-corrected chi connectivity index (χ3v) is 7.41. The van der Waals surface area contributed by atoms with Crippen molar-refractivity contribution in [1.29, 1.82) is 0 Å². The first-order valence-corrected chi connectivity index (χ1v) is 10.5. The van der Waals surface area contributed by atoms with E-state index < -0.39 is 10.0 Å². The molecule has 9 heteroatoms. The van der Waals surface area contributed by atoms with Crippen LogP contribution in [0.3, 0.4) is 0 Å². The van der Waals surface area contributed by atoms with E-state index in [0.717, 1.165) is 6.42 Å². The molecule has 1 atom stereocenters. The molecular formula is C17H21N3O4S2. The lowest BCUT2D eigenvalue weighted by Crippen LogP contribution is -2.35. The first kappa shape index (κ1) is 18.7. The standard InChI is InChI=1S/C17H21N3O4S2/c1-19(26(22,23)17-3-2-10-25-17)14-4-6-15(7-5-14)24-12-16(21)20-9-8-13(18)11-20/h2-7,10,13H,8-9,11-12,18H2,1H3/t13-/m1/s1. The number of carbonyl (C=O) groups excluding carboxylic acids is 1. The highest BCUT2D eigenvalue weighted by molar-refractivity contribution is 7.94. The number of benzene rings is 1. The van der Waals surface area contributed by atoms with Gasteiger partial charge in [0, 0.05) is 26.2 Å². The molecule has 0 bridgehead atoms. The second kappa shape index (κ2) is 7.65. The average molecular weight is 396 g/mol. The van der Waals surface area contributed by atoms with Crippen LogP contribution >= 0.6 is 11.3 Å². The highest BCUT2D eigenvalue weighted by Gasteiger charge is 2.24. The van der Waals surface area contributed by atoms with Crippen molar-refractivity contribution in [2.75, 3.05) is 31.0 Å². The summed E-state index contributed by atoms with van der Waals surface area (Å²) in [6.07, 6.45) is 0.811. The predicted molar refractivity (Wildman–Crippen MR) is 101 cm³/mol. The molecule has 140 valence electrons. The van der Waals surface area contributed by atoms with Gasteiger partial charge in [-0.1, -0.05) is 6.07 Å². The third kappa shape index (κ3) is 4.00. The van der Waals surface area contributed by atoms with Crippen LogP contribution in [0.2, 0.25) is 0 Å². The number of carbonyl (C=O) groups is 1. The summed E-state index contributed by atoms with van der Waals surface area (Å²) in [5.41, 5.74) is 6.31. The maximum atomic E-state index is 12.5. The fraction of sp³-hybridized carbons (Fsp3) is 0.353. The van der Waals surface area contributed by atoms with Gasteiger partial charge in [0.1, 0.15) is 9.96 Å². The van der Waals surface area contributed by atoms with Crippen LogP contribution in [0.15, 0.2) is 46.0 Å². The minimum Gasteiger partial charge on any atom is -0.484 e. The van der Waals surface area contributed by atoms with Crippen molar-refractivity contribution in [2.24, 2.45) is 5.73 Å². The second-order valence-corrected chi connectivity index (χ2v) is 9.22. The molecule has 0 spiro atoms. The molecule has 0 aliphatic carbocycles. The number of hydrogen-bond acceptors (Lipinski definition) is 6. The van der Waals surface area contributed by atoms with Gasteiger partial charge in [0.2, 0.25) is 0 Å². The van der Waals surface area contributed by atoms with Gasteiger partial charge < -0.3 is 15.4 Å². The van der Waals surface area contributed by atoms with Crippen LogP contribution in [0.25, 0.3) is 0 Å². The van der Waals surface area contributed by atoms with Crippen LogP contribution < -0.4 is 14.8 Å². The van der Waals surface area contributed by atoms with Crippen LogP contribution in [0.1, 0.15) is 6.42 Å². The first-order valence-electron chi connectivity index (χ1n) is 8.16. The van der Waals surface area contributed by atoms with E-state index in [1.807, 2.05) is 0 Å². The van der Waals surface area contributed by atoms with E-state index in [-0.39, 0.29) is 22.8 Å². The Morgan fingerprint density at radius 2 is 2.08 bits per heavy atom. The van der Waals surface area contributed by atoms with Crippen LogP contribution in [0.4, 0.5) is 5.69 Å². The topological polar surface area (TPSA) is 92.9 Å². The van der Waals surface area contributed by atoms with Crippen molar-refractivity contribution in [3.8, 4) is 5.75 Å². The molecule has 2 heterocycles. The molecule has 1 amide bonds. The van der Waals surface area contributed by atoms with E-state index in [1.165, 1.54) is 22.7 Å². The number of rotatable bonds is 6. The summed E-state index contributed by atoms with van der Waals surface area (Å²) in [7, 11) is -2.06. The molecule has 2 N–H and O–H groups in total. The van der Waals surface area contributed by atoms with Gasteiger partial charge in [0.25, 0.3) is 15.9 Å². The predicted octanol–water partition coefficient (Wildman–Crippen LogP) is 1.51. The molecule has 2 aromatic rings. The van der Waals surface area contributed by atoms with E-state index in [4.69, 9.17) is 10.5 Å². The van der Waals surface area contributed by atoms with Gasteiger partial charge in [-0.15, -0.1) is 11.3 Å². The van der Waals surface area contributed by atoms with E-state index in [2.05, 4.69) is 0 Å². The summed E-state index contributed by atoms with van der Waals surface area (Å²) < 4.78 is 32.0. The number of sulfonamides is 1. The first-order chi connectivity index (χ1) is 12.4. The Morgan fingerprint density at radius 1 is 1.35 bits per heavy atom. The van der Waals surface area contributed by atoms with Crippen molar-refractivity contribution in [2.45, 2.75) is 16.7 Å². The van der Waals surface area contributed by atoms with Crippen molar-refractivity contribution in [3.63, 3.8) is 0 Å². The molecule has 1 saturated heterocycles. The normalized spacial score (nSPS) is 17.3. The Bertz CT molecular complexity index is 851. The smallest absolute Gasteiger partial charge is 0.273 e. The summed E-state index contributed by atoms with van der Waals surface area (Å²) in [6.45, 7) is 1.16. The quantitative estimate of drug-likeness (QED) is 0.800. The van der Waals surface area contributed by atoms with Gasteiger partial charge >= 0.3 is 0 Å². The van der Waals surface area contributed by atoms with Crippen molar-refractivity contribution >= 4 is 33.0 Å². The third-order valence-electron chi connectivity index (χ3n) is 4.25. The molecule has 1 aliphatic rings. The van der Waals surface area contributed by atoms with Gasteiger partial charge in [-0.3, -0.25) is 9.10 Å². The lowest BCUT2D eigenvalue weighted by atomic mass is 10.3. The van der Waals surface area contributed by atoms with Gasteiger partial charge in [-0.05, 0) is 42.1 Å². The molecule has 1 aliphatic heterocycles. The summed E-state index contributed by atoms with van der Waals surface area (Å²) >= 11 is 1.17. The monoisotopic (exact) mass is 395 g/mol. The Balaban J connectivity index is 1.61. The average Bonchev–Trinajstić information content (AvgIpc) is 3.31. The molecule has 1 aromatic carbocycles. The number of nitrogens with zero attached hydrogens (tertiary/aromatic N) is 2. The number of likely N-dealkylation sites (tertiary alicyclic amines) is 1. The number of thiophene rings is 1. The molecule has 0 unspecified atom stereocenters. The minimum absolute atomic E-state index is 0.0408. The van der Waals surface area contributed by atoms with Crippen LogP contribution in [0, 0.1) is 0 Å².